The second-order valence-corrected chi connectivity index (χ2v) is 16.0. The molecule has 3 N–H and O–H groups in total. The number of benzene rings is 4. The van der Waals surface area contributed by atoms with Crippen molar-refractivity contribution in [2.24, 2.45) is 0 Å². The van der Waals surface area contributed by atoms with Gasteiger partial charge in [0.2, 0.25) is 5.91 Å². The zero-order chi connectivity index (χ0) is 43.5. The number of nitrogens with zero attached hydrogens (tertiary/aromatic N) is 4. The average Bonchev–Trinajstić information content (AvgIpc) is 4.22. The first-order valence-corrected chi connectivity index (χ1v) is 21.7. The molecule has 4 aromatic carbocycles. The molecule has 11 rings (SSSR count). The molecular weight excluding hydrogens is 799 g/mol. The van der Waals surface area contributed by atoms with Crippen molar-refractivity contribution in [2.45, 2.75) is 12.8 Å². The maximum atomic E-state index is 13.3. The van der Waals surface area contributed by atoms with Crippen LogP contribution in [0.25, 0.3) is 102 Å². The monoisotopic (exact) mass is 839 g/mol. The minimum absolute atomic E-state index is 0.0686. The number of aromatic nitrogens is 6. The lowest BCUT2D eigenvalue weighted by Gasteiger charge is -2.09. The smallest absolute Gasteiger partial charge is 0.224 e. The van der Waals surface area contributed by atoms with Crippen LogP contribution in [0.4, 0.5) is 5.69 Å². The van der Waals surface area contributed by atoms with E-state index < -0.39 is 0 Å². The second kappa shape index (κ2) is 17.2. The minimum atomic E-state index is -0.0686. The summed E-state index contributed by atoms with van der Waals surface area (Å²) in [7, 11) is 0. The summed E-state index contributed by atoms with van der Waals surface area (Å²) in [6, 6.07) is 57.5. The molecule has 5 aromatic heterocycles. The van der Waals surface area contributed by atoms with E-state index in [4.69, 9.17) is 9.97 Å². The molecule has 310 valence electrons. The fraction of sp³-hybridized carbons (Fsp3) is 0.0351. The Hall–Kier alpha value is -8.75. The summed E-state index contributed by atoms with van der Waals surface area (Å²) in [4.78, 5) is 40.6. The predicted octanol–water partition coefficient (Wildman–Crippen LogP) is 13.4. The topological polar surface area (TPSA) is 112 Å². The molecule has 2 aliphatic rings. The number of pyridine rings is 2. The van der Waals surface area contributed by atoms with Gasteiger partial charge in [-0.05, 0) is 119 Å². The number of amides is 1. The number of fused-ring (bicyclic) bond motifs is 8. The number of anilines is 1. The highest BCUT2D eigenvalue weighted by Gasteiger charge is 2.19. The maximum Gasteiger partial charge on any atom is 0.224 e. The standard InChI is InChI=1S/C57H41N7O/c65-53(32-19-37-33-35-59-52(36-37)43-18-10-11-34-58-43)60-42-22-20-41(21-23-42)57-50-30-28-48(63-50)55(39-14-6-2-7-15-39)46-26-24-44(61-46)54(38-12-4-1-5-13-38)45-25-27-47(62-45)56(40-16-8-3-9-17-40)49-29-31-51(57)64-49/h1-18,20-31,33-36,61,64H,19,32H2,(H,60,65). The van der Waals surface area contributed by atoms with E-state index in [0.29, 0.717) is 18.5 Å². The molecule has 0 saturated carbocycles. The minimum Gasteiger partial charge on any atom is -0.354 e. The molecule has 0 fully saturated rings. The van der Waals surface area contributed by atoms with E-state index in [0.717, 1.165) is 106 Å². The fourth-order valence-corrected chi connectivity index (χ4v) is 8.72. The molecule has 1 amide bonds. The van der Waals surface area contributed by atoms with E-state index in [1.807, 2.05) is 72.8 Å². The molecule has 65 heavy (non-hydrogen) atoms. The fourth-order valence-electron chi connectivity index (χ4n) is 8.72. The number of carbonyl (C=O) groups is 1. The van der Waals surface area contributed by atoms with Crippen LogP contribution in [-0.2, 0) is 11.2 Å². The highest BCUT2D eigenvalue weighted by Crippen LogP contribution is 2.38. The summed E-state index contributed by atoms with van der Waals surface area (Å²) in [6.45, 7) is 0. The highest BCUT2D eigenvalue weighted by atomic mass is 16.1. The molecule has 0 atom stereocenters. The van der Waals surface area contributed by atoms with Crippen LogP contribution in [-0.4, -0.2) is 35.8 Å². The van der Waals surface area contributed by atoms with E-state index in [-0.39, 0.29) is 5.91 Å². The average molecular weight is 840 g/mol. The van der Waals surface area contributed by atoms with Gasteiger partial charge < -0.3 is 15.3 Å². The molecular formula is C57H41N7O. The molecule has 2 aliphatic heterocycles. The first-order chi connectivity index (χ1) is 32.1. The molecule has 8 nitrogen and oxygen atoms in total. The molecule has 0 saturated heterocycles. The maximum absolute atomic E-state index is 13.3. The van der Waals surface area contributed by atoms with Crippen molar-refractivity contribution in [3.8, 4) is 55.9 Å². The lowest BCUT2D eigenvalue weighted by molar-refractivity contribution is -0.116. The van der Waals surface area contributed by atoms with Crippen molar-refractivity contribution in [1.82, 2.24) is 29.9 Å². The summed E-state index contributed by atoms with van der Waals surface area (Å²) >= 11 is 0. The van der Waals surface area contributed by atoms with Gasteiger partial charge in [0.25, 0.3) is 0 Å². The van der Waals surface area contributed by atoms with Gasteiger partial charge in [-0.3, -0.25) is 14.8 Å². The molecule has 0 radical (unpaired) electrons. The quantitative estimate of drug-likeness (QED) is 0.134. The van der Waals surface area contributed by atoms with Crippen molar-refractivity contribution >= 4 is 58.0 Å². The van der Waals surface area contributed by atoms with Crippen molar-refractivity contribution in [3.05, 3.63) is 211 Å². The van der Waals surface area contributed by atoms with Crippen LogP contribution in [0.1, 0.15) is 34.8 Å². The Morgan fingerprint density at radius 3 is 1.31 bits per heavy atom. The Bertz CT molecular complexity index is 3410. The lowest BCUT2D eigenvalue weighted by atomic mass is 10.0. The third-order valence-electron chi connectivity index (χ3n) is 11.8. The first-order valence-electron chi connectivity index (χ1n) is 21.7. The Labute approximate surface area is 375 Å². The van der Waals surface area contributed by atoms with Gasteiger partial charge in [0.1, 0.15) is 0 Å². The van der Waals surface area contributed by atoms with Crippen LogP contribution in [0, 0.1) is 0 Å². The zero-order valence-electron chi connectivity index (χ0n) is 35.2. The van der Waals surface area contributed by atoms with Crippen molar-refractivity contribution in [2.75, 3.05) is 5.32 Å². The summed E-state index contributed by atoms with van der Waals surface area (Å²) in [6.07, 6.45) is 12.9. The molecule has 8 bridgehead atoms. The Morgan fingerprint density at radius 2 is 0.862 bits per heavy atom. The lowest BCUT2D eigenvalue weighted by Crippen LogP contribution is -2.12. The summed E-state index contributed by atoms with van der Waals surface area (Å²) in [5.74, 6) is -0.0686. The highest BCUT2D eigenvalue weighted by molar-refractivity contribution is 6.00. The largest absolute Gasteiger partial charge is 0.354 e. The number of rotatable bonds is 9. The molecule has 0 aliphatic carbocycles. The molecule has 0 spiro atoms. The van der Waals surface area contributed by atoms with Crippen LogP contribution in [0.3, 0.4) is 0 Å². The van der Waals surface area contributed by atoms with Gasteiger partial charge in [-0.1, -0.05) is 109 Å². The molecule has 7 heterocycles. The van der Waals surface area contributed by atoms with Gasteiger partial charge in [-0.15, -0.1) is 0 Å². The van der Waals surface area contributed by atoms with E-state index >= 15 is 0 Å². The number of nitrogens with one attached hydrogen (secondary N) is 3. The third kappa shape index (κ3) is 7.96. The Balaban J connectivity index is 1.05. The second-order valence-electron chi connectivity index (χ2n) is 16.0. The van der Waals surface area contributed by atoms with Crippen LogP contribution < -0.4 is 5.32 Å². The first kappa shape index (κ1) is 39.1. The predicted molar refractivity (Wildman–Crippen MR) is 265 cm³/mol. The third-order valence-corrected chi connectivity index (χ3v) is 11.8. The molecule has 9 aromatic rings. The van der Waals surface area contributed by atoms with Gasteiger partial charge in [-0.2, -0.15) is 0 Å². The number of aromatic amines is 2. The molecule has 8 heteroatoms. The number of aryl methyl sites for hydroxylation is 1. The van der Waals surface area contributed by atoms with Gasteiger partial charge in [0, 0.05) is 68.8 Å². The van der Waals surface area contributed by atoms with E-state index in [1.54, 1.807) is 12.4 Å². The van der Waals surface area contributed by atoms with Gasteiger partial charge >= 0.3 is 0 Å². The van der Waals surface area contributed by atoms with Crippen LogP contribution in [0.2, 0.25) is 0 Å². The Morgan fingerprint density at radius 1 is 0.431 bits per heavy atom. The molecule has 0 unspecified atom stereocenters. The van der Waals surface area contributed by atoms with Crippen molar-refractivity contribution in [1.29, 1.82) is 0 Å². The van der Waals surface area contributed by atoms with Crippen LogP contribution in [0.5, 0.6) is 0 Å². The summed E-state index contributed by atoms with van der Waals surface area (Å²) in [5.41, 5.74) is 18.5. The number of hydrogen-bond donors (Lipinski definition) is 3. The van der Waals surface area contributed by atoms with Crippen molar-refractivity contribution in [3.63, 3.8) is 0 Å². The summed E-state index contributed by atoms with van der Waals surface area (Å²) in [5, 5.41) is 3.11. The normalized spacial score (nSPS) is 11.8. The Kier molecular flexibility index (Phi) is 10.3. The van der Waals surface area contributed by atoms with Crippen LogP contribution >= 0.6 is 0 Å². The zero-order valence-corrected chi connectivity index (χ0v) is 35.2. The van der Waals surface area contributed by atoms with Gasteiger partial charge in [0.05, 0.1) is 34.2 Å². The number of H-pyrrole nitrogens is 2. The van der Waals surface area contributed by atoms with E-state index in [1.165, 1.54) is 0 Å². The van der Waals surface area contributed by atoms with Gasteiger partial charge in [-0.25, -0.2) is 9.97 Å². The SMILES string of the molecule is O=C(CCc1ccnc(-c2ccccn2)c1)Nc1ccc(-c2c3nc(c(-c4ccccc4)c4ccc([nH]4)c(-c4ccccc4)c4nc(c(-c5ccccc5)c5ccc2[nH]5)C=C4)C=C3)cc1. The number of carbonyl (C=O) groups excluding carboxylic acids is 1. The van der Waals surface area contributed by atoms with Crippen LogP contribution in [0.15, 0.2) is 182 Å². The van der Waals surface area contributed by atoms with Gasteiger partial charge in [0.15, 0.2) is 0 Å². The van der Waals surface area contributed by atoms with Crippen molar-refractivity contribution < 1.29 is 4.79 Å². The van der Waals surface area contributed by atoms with E-state index in [9.17, 15) is 4.79 Å². The number of hydrogen-bond acceptors (Lipinski definition) is 5. The summed E-state index contributed by atoms with van der Waals surface area (Å²) < 4.78 is 0. The van der Waals surface area contributed by atoms with E-state index in [2.05, 4.69) is 147 Å².